The number of rotatable bonds is 6. The fourth-order valence-electron chi connectivity index (χ4n) is 3.94. The molecule has 5 rings (SSSR count). The molecule has 0 N–H and O–H groups in total. The highest BCUT2D eigenvalue weighted by Crippen LogP contribution is 2.26. The molecule has 0 spiro atoms. The Bertz CT molecular complexity index is 1260. The molecule has 34 heavy (non-hydrogen) atoms. The molecule has 0 radical (unpaired) electrons. The van der Waals surface area contributed by atoms with Crippen molar-refractivity contribution in [2.24, 2.45) is 0 Å². The third-order valence-electron chi connectivity index (χ3n) is 5.91. The third-order valence-corrected chi connectivity index (χ3v) is 5.91. The van der Waals surface area contributed by atoms with Crippen molar-refractivity contribution in [3.8, 4) is 22.3 Å². The van der Waals surface area contributed by atoms with E-state index in [9.17, 15) is 0 Å². The molecule has 0 heterocycles. The smallest absolute Gasteiger partial charge is 0.0184 e. The van der Waals surface area contributed by atoms with Crippen LogP contribution in [0.5, 0.6) is 0 Å². The minimum atomic E-state index is 1.20. The second-order valence-corrected chi connectivity index (χ2v) is 8.31. The number of hydrogen-bond acceptors (Lipinski definition) is 0. The zero-order valence-electron chi connectivity index (χ0n) is 19.0. The molecule has 0 amide bonds. The zero-order chi connectivity index (χ0) is 23.0. The second kappa shape index (κ2) is 10.5. The second-order valence-electron chi connectivity index (χ2n) is 8.31. The summed E-state index contributed by atoms with van der Waals surface area (Å²) in [5.74, 6) is 0. The van der Waals surface area contributed by atoms with Crippen LogP contribution in [0.25, 0.3) is 46.6 Å². The first-order valence-corrected chi connectivity index (χ1v) is 11.6. The lowest BCUT2D eigenvalue weighted by Gasteiger charge is -2.06. The van der Waals surface area contributed by atoms with Crippen LogP contribution >= 0.6 is 0 Å². The van der Waals surface area contributed by atoms with Crippen LogP contribution in [-0.2, 0) is 0 Å². The summed E-state index contributed by atoms with van der Waals surface area (Å²) in [7, 11) is 0. The van der Waals surface area contributed by atoms with E-state index in [0.717, 1.165) is 0 Å². The van der Waals surface area contributed by atoms with E-state index in [1.807, 2.05) is 12.1 Å². The molecule has 0 saturated heterocycles. The van der Waals surface area contributed by atoms with Crippen LogP contribution in [0.3, 0.4) is 0 Å². The molecule has 0 fully saturated rings. The average molecular weight is 435 g/mol. The SMILES string of the molecule is C(=C\c1ccc(-c2ccc(-c3ccc(/C=C/c4ccccc4)cc3)cc2)cc1)/c1ccccc1. The maximum absolute atomic E-state index is 2.20. The molecule has 0 aromatic heterocycles. The average Bonchev–Trinajstić information content (AvgIpc) is 2.93. The van der Waals surface area contributed by atoms with Gasteiger partial charge in [0.05, 0.1) is 0 Å². The van der Waals surface area contributed by atoms with E-state index in [1.165, 1.54) is 44.5 Å². The molecule has 0 nitrogen and oxygen atoms in total. The van der Waals surface area contributed by atoms with E-state index in [1.54, 1.807) is 0 Å². The van der Waals surface area contributed by atoms with Crippen LogP contribution in [-0.4, -0.2) is 0 Å². The Morgan fingerprint density at radius 2 is 0.471 bits per heavy atom. The Morgan fingerprint density at radius 1 is 0.235 bits per heavy atom. The van der Waals surface area contributed by atoms with Crippen molar-refractivity contribution < 1.29 is 0 Å². The normalized spacial score (nSPS) is 11.3. The van der Waals surface area contributed by atoms with E-state index >= 15 is 0 Å². The summed E-state index contributed by atoms with van der Waals surface area (Å²) >= 11 is 0. The molecule has 0 bridgehead atoms. The molecule has 0 aliphatic rings. The number of benzene rings is 5. The van der Waals surface area contributed by atoms with Gasteiger partial charge < -0.3 is 0 Å². The lowest BCUT2D eigenvalue weighted by atomic mass is 9.99. The minimum Gasteiger partial charge on any atom is -0.0622 e. The largest absolute Gasteiger partial charge is 0.0622 e. The standard InChI is InChI=1S/C34H26/c1-3-7-27(8-4-1)11-13-29-15-19-31(20-16-29)33-23-25-34(26-24-33)32-21-17-30(18-22-32)14-12-28-9-5-2-6-10-28/h1-26H/b13-11+,14-12+. The molecular formula is C34H26. The van der Waals surface area contributed by atoms with Gasteiger partial charge in [-0.2, -0.15) is 0 Å². The summed E-state index contributed by atoms with van der Waals surface area (Å²) in [6, 6.07) is 47.0. The van der Waals surface area contributed by atoms with Gasteiger partial charge in [0.1, 0.15) is 0 Å². The Morgan fingerprint density at radius 3 is 0.765 bits per heavy atom. The Balaban J connectivity index is 1.25. The quantitative estimate of drug-likeness (QED) is 0.234. The van der Waals surface area contributed by atoms with Crippen molar-refractivity contribution >= 4 is 24.3 Å². The maximum Gasteiger partial charge on any atom is -0.0184 e. The van der Waals surface area contributed by atoms with Crippen LogP contribution in [0.1, 0.15) is 22.3 Å². The highest BCUT2D eigenvalue weighted by Gasteiger charge is 2.01. The Labute approximate surface area is 202 Å². The van der Waals surface area contributed by atoms with Gasteiger partial charge in [0.2, 0.25) is 0 Å². The number of hydrogen-bond donors (Lipinski definition) is 0. The lowest BCUT2D eigenvalue weighted by Crippen LogP contribution is -1.82. The van der Waals surface area contributed by atoms with Crippen molar-refractivity contribution in [2.75, 3.05) is 0 Å². The third kappa shape index (κ3) is 5.49. The highest BCUT2D eigenvalue weighted by atomic mass is 14.1. The van der Waals surface area contributed by atoms with Crippen molar-refractivity contribution in [3.05, 3.63) is 156 Å². The van der Waals surface area contributed by atoms with Crippen LogP contribution < -0.4 is 0 Å². The van der Waals surface area contributed by atoms with E-state index in [-0.39, 0.29) is 0 Å². The van der Waals surface area contributed by atoms with E-state index < -0.39 is 0 Å². The molecule has 0 atom stereocenters. The lowest BCUT2D eigenvalue weighted by molar-refractivity contribution is 1.57. The van der Waals surface area contributed by atoms with E-state index in [0.29, 0.717) is 0 Å². The topological polar surface area (TPSA) is 0 Å². The van der Waals surface area contributed by atoms with E-state index in [2.05, 4.69) is 146 Å². The van der Waals surface area contributed by atoms with Gasteiger partial charge in [0.25, 0.3) is 0 Å². The summed E-state index contributed by atoms with van der Waals surface area (Å²) in [5.41, 5.74) is 9.73. The Kier molecular flexibility index (Phi) is 6.59. The van der Waals surface area contributed by atoms with Gasteiger partial charge in [-0.3, -0.25) is 0 Å². The minimum absolute atomic E-state index is 1.20. The molecule has 0 unspecified atom stereocenters. The summed E-state index contributed by atoms with van der Waals surface area (Å²) in [4.78, 5) is 0. The van der Waals surface area contributed by atoms with Crippen LogP contribution in [0.4, 0.5) is 0 Å². The molecule has 0 aliphatic heterocycles. The summed E-state index contributed by atoms with van der Waals surface area (Å²) in [6.45, 7) is 0. The van der Waals surface area contributed by atoms with Crippen LogP contribution in [0.2, 0.25) is 0 Å². The molecule has 0 aliphatic carbocycles. The fraction of sp³-hybridized carbons (Fsp3) is 0. The van der Waals surface area contributed by atoms with Gasteiger partial charge >= 0.3 is 0 Å². The molecule has 5 aromatic carbocycles. The summed E-state index contributed by atoms with van der Waals surface area (Å²) < 4.78 is 0. The first-order chi connectivity index (χ1) is 16.8. The first-order valence-electron chi connectivity index (χ1n) is 11.6. The predicted octanol–water partition coefficient (Wildman–Crippen LogP) is 9.36. The predicted molar refractivity (Wildman–Crippen MR) is 148 cm³/mol. The van der Waals surface area contributed by atoms with Gasteiger partial charge in [-0.25, -0.2) is 0 Å². The molecule has 0 saturated carbocycles. The first kappa shape index (κ1) is 21.4. The van der Waals surface area contributed by atoms with Gasteiger partial charge in [-0.15, -0.1) is 0 Å². The molecular weight excluding hydrogens is 408 g/mol. The van der Waals surface area contributed by atoms with Crippen molar-refractivity contribution in [1.29, 1.82) is 0 Å². The Hall–Kier alpha value is -4.42. The van der Waals surface area contributed by atoms with Crippen molar-refractivity contribution in [2.45, 2.75) is 0 Å². The molecule has 0 heteroatoms. The van der Waals surface area contributed by atoms with Crippen molar-refractivity contribution in [1.82, 2.24) is 0 Å². The maximum atomic E-state index is 2.20. The monoisotopic (exact) mass is 434 g/mol. The van der Waals surface area contributed by atoms with Gasteiger partial charge in [0, 0.05) is 0 Å². The zero-order valence-corrected chi connectivity index (χ0v) is 19.0. The van der Waals surface area contributed by atoms with Gasteiger partial charge in [-0.1, -0.05) is 158 Å². The van der Waals surface area contributed by atoms with E-state index in [4.69, 9.17) is 0 Å². The highest BCUT2D eigenvalue weighted by molar-refractivity contribution is 5.75. The van der Waals surface area contributed by atoms with Crippen LogP contribution in [0.15, 0.2) is 133 Å². The van der Waals surface area contributed by atoms with Crippen LogP contribution in [0, 0.1) is 0 Å². The van der Waals surface area contributed by atoms with Gasteiger partial charge in [-0.05, 0) is 44.5 Å². The summed E-state index contributed by atoms with van der Waals surface area (Å²) in [5, 5.41) is 0. The van der Waals surface area contributed by atoms with Gasteiger partial charge in [0.15, 0.2) is 0 Å². The fourth-order valence-corrected chi connectivity index (χ4v) is 3.94. The molecule has 162 valence electrons. The summed E-state index contributed by atoms with van der Waals surface area (Å²) in [6.07, 6.45) is 8.60. The van der Waals surface area contributed by atoms with Crippen molar-refractivity contribution in [3.63, 3.8) is 0 Å². The molecule has 5 aromatic rings.